The number of anilines is 1. The Hall–Kier alpha value is -10.5. The van der Waals surface area contributed by atoms with E-state index in [1.54, 1.807) is 97.1 Å². The van der Waals surface area contributed by atoms with E-state index in [4.69, 9.17) is 33.5 Å². The minimum atomic E-state index is -1.79. The van der Waals surface area contributed by atoms with E-state index in [0.717, 1.165) is 29.4 Å². The van der Waals surface area contributed by atoms with Gasteiger partial charge in [0.05, 0.1) is 19.8 Å². The van der Waals surface area contributed by atoms with Crippen molar-refractivity contribution in [1.29, 1.82) is 0 Å². The lowest BCUT2D eigenvalue weighted by Crippen LogP contribution is -2.62. The predicted molar refractivity (Wildman–Crippen MR) is 414 cm³/mol. The second kappa shape index (κ2) is 41.7. The molecule has 0 unspecified atom stereocenters. The Morgan fingerprint density at radius 3 is 1.46 bits per heavy atom. The van der Waals surface area contributed by atoms with Crippen LogP contribution in [0.5, 0.6) is 0 Å². The van der Waals surface area contributed by atoms with Crippen molar-refractivity contribution in [2.75, 3.05) is 51.7 Å². The van der Waals surface area contributed by atoms with E-state index in [-0.39, 0.29) is 63.5 Å². The molecule has 0 saturated carbocycles. The molecule has 2 saturated heterocycles. The zero-order valence-electron chi connectivity index (χ0n) is 62.4. The van der Waals surface area contributed by atoms with Crippen LogP contribution in [0.15, 0.2) is 146 Å². The first-order chi connectivity index (χ1) is 52.2. The molecule has 2 fully saturated rings. The number of halogens is 1. The van der Waals surface area contributed by atoms with Gasteiger partial charge in [0, 0.05) is 75.0 Å². The maximum atomic E-state index is 15.4. The first kappa shape index (κ1) is 84.1. The number of aliphatic hydroxyl groups is 1. The Labute approximate surface area is 640 Å². The van der Waals surface area contributed by atoms with Crippen LogP contribution >= 0.6 is 11.6 Å². The van der Waals surface area contributed by atoms with E-state index in [2.05, 4.69) is 58.1 Å². The van der Waals surface area contributed by atoms with E-state index in [1.165, 1.54) is 11.8 Å². The molecule has 28 nitrogen and oxygen atoms in total. The molecular formula is C80H104ClN15O13. The van der Waals surface area contributed by atoms with E-state index >= 15 is 9.59 Å². The first-order valence-electron chi connectivity index (χ1n) is 37.1. The average Bonchev–Trinajstić information content (AvgIpc) is 1.81. The van der Waals surface area contributed by atoms with Gasteiger partial charge in [-0.05, 0) is 120 Å². The number of hydrogen-bond acceptors (Lipinski definition) is 16. The van der Waals surface area contributed by atoms with Gasteiger partial charge < -0.3 is 85.1 Å². The largest absolute Gasteiger partial charge is 0.399 e. The number of amides is 12. The van der Waals surface area contributed by atoms with Gasteiger partial charge in [-0.3, -0.25) is 52.8 Å². The van der Waals surface area contributed by atoms with Crippen molar-refractivity contribution in [3.05, 3.63) is 184 Å². The summed E-state index contributed by atoms with van der Waals surface area (Å²) in [4.78, 5) is 161. The van der Waals surface area contributed by atoms with Gasteiger partial charge in [-0.15, -0.1) is 0 Å². The Morgan fingerprint density at radius 2 is 0.936 bits per heavy atom. The van der Waals surface area contributed by atoms with Crippen molar-refractivity contribution < 1.29 is 62.6 Å². The van der Waals surface area contributed by atoms with Crippen LogP contribution in [0, 0.1) is 5.92 Å². The lowest BCUT2D eigenvalue weighted by atomic mass is 9.99. The molecule has 0 spiro atoms. The Kier molecular flexibility index (Phi) is 32.2. The molecule has 0 bridgehead atoms. The van der Waals surface area contributed by atoms with Crippen molar-refractivity contribution in [3.63, 3.8) is 0 Å². The van der Waals surface area contributed by atoms with Crippen LogP contribution in [0.25, 0.3) is 10.8 Å². The van der Waals surface area contributed by atoms with Crippen LogP contribution in [0.1, 0.15) is 100 Å². The number of fused-ring (bicyclic) bond motifs is 1. The standard InChI is InChI=1S/C80H104ClN15O13/c1-48(2)39-62(71(99)87-61(17-11-33-85-49(3)4)79(107)96-34-12-18-69(96)78(106)86-50(5)70(83)98)88-72(100)65(44-54-26-31-60(82)32-27-54)90-74(102)66(42-52-19-21-55(22-20-52)46-95-35-37-109-38-36-95)92-77(105)68(47-97)93-75(103)63(41-51-13-7-6-8-14-51)89-73(101)64(43-53-24-29-59(81)30-25-53)91-76(104)67(94-80(84)108)45-56-23-28-57-15-9-10-16-58(57)40-56/h6-10,13-16,19-32,40,48-50,61-69,85,97H,11-12,17-18,33-39,41-47,82H2,1-5H3,(H2,83,98)(H,86,106)(H,87,99)(H,88,100)(H,89,101)(H,90,102)(H,91,104)(H,92,105)(H,93,103)(H3,84,94,108)/t50-,61+,62+,63-,64-,65-,66+,67-,68+,69+/m1/s1. The highest BCUT2D eigenvalue weighted by atomic mass is 35.5. The Balaban J connectivity index is 1.06. The molecule has 0 radical (unpaired) electrons. The molecule has 6 aromatic rings. The summed E-state index contributed by atoms with van der Waals surface area (Å²) >= 11 is 6.27. The topological polar surface area (TPSA) is 422 Å². The molecule has 2 aliphatic heterocycles. The summed E-state index contributed by atoms with van der Waals surface area (Å²) in [5.41, 5.74) is 21.4. The lowest BCUT2D eigenvalue weighted by molar-refractivity contribution is -0.142. The molecule has 2 aliphatic rings. The van der Waals surface area contributed by atoms with Crippen LogP contribution in [0.4, 0.5) is 10.5 Å². The fraction of sp³-hybridized carbons (Fsp3) is 0.438. The van der Waals surface area contributed by atoms with Crippen molar-refractivity contribution in [2.45, 2.75) is 172 Å². The van der Waals surface area contributed by atoms with Gasteiger partial charge in [-0.25, -0.2) is 4.79 Å². The number of nitrogens with one attached hydrogen (secondary N) is 10. The molecule has 8 rings (SSSR count). The molecular weight excluding hydrogens is 1410 g/mol. The average molecular weight is 1520 g/mol. The first-order valence-corrected chi connectivity index (χ1v) is 37.5. The summed E-state index contributed by atoms with van der Waals surface area (Å²) in [5.74, 6) is -8.16. The molecule has 584 valence electrons. The van der Waals surface area contributed by atoms with E-state index in [0.29, 0.717) is 84.1 Å². The van der Waals surface area contributed by atoms with E-state index < -0.39 is 132 Å². The highest BCUT2D eigenvalue weighted by molar-refractivity contribution is 6.30. The molecule has 10 atom stereocenters. The summed E-state index contributed by atoms with van der Waals surface area (Å²) in [7, 11) is 0. The fourth-order valence-electron chi connectivity index (χ4n) is 13.1. The van der Waals surface area contributed by atoms with Gasteiger partial charge in [-0.2, -0.15) is 0 Å². The van der Waals surface area contributed by atoms with Gasteiger partial charge in [0.25, 0.3) is 0 Å². The Bertz CT molecular complexity index is 4070. The van der Waals surface area contributed by atoms with Crippen molar-refractivity contribution >= 4 is 93.2 Å². The zero-order valence-corrected chi connectivity index (χ0v) is 63.1. The molecule has 29 heteroatoms. The summed E-state index contributed by atoms with van der Waals surface area (Å²) in [5, 5.41) is 41.2. The number of rotatable bonds is 39. The molecule has 17 N–H and O–H groups in total. The van der Waals surface area contributed by atoms with E-state index in [1.807, 2.05) is 76.2 Å². The van der Waals surface area contributed by atoms with Crippen LogP contribution in [-0.4, -0.2) is 192 Å². The minimum absolute atomic E-state index is 0.0279. The van der Waals surface area contributed by atoms with E-state index in [9.17, 15) is 48.3 Å². The SMILES string of the molecule is CC(C)C[C@H](NC(=O)[C@@H](Cc1ccc(N)cc1)NC(=O)[C@H](Cc1ccc(CN2CCOCC2)cc1)NC(=O)[C@H](CO)NC(=O)[C@@H](Cc1ccccc1)NC(=O)[C@@H](Cc1ccc(Cl)cc1)NC(=O)[C@@H](Cc1ccc2ccccc2c1)NC(N)=O)C(=O)N[C@@H](CCCNC(C)C)C(=O)N1CCC[C@H]1C(=O)N[C@H](C)C(N)=O. The molecule has 109 heavy (non-hydrogen) atoms. The number of nitrogens with two attached hydrogens (primary N) is 3. The lowest BCUT2D eigenvalue weighted by Gasteiger charge is -2.31. The summed E-state index contributed by atoms with van der Waals surface area (Å²) in [6, 6.07) is 27.8. The number of benzene rings is 6. The maximum Gasteiger partial charge on any atom is 0.312 e. The third-order valence-electron chi connectivity index (χ3n) is 19.1. The number of likely N-dealkylation sites (tertiary alicyclic amines) is 1. The third-order valence-corrected chi connectivity index (χ3v) is 19.3. The second-order valence-corrected chi connectivity index (χ2v) is 29.1. The number of carbonyl (C=O) groups excluding carboxylic acids is 11. The van der Waals surface area contributed by atoms with Crippen LogP contribution in [-0.2, 0) is 91.3 Å². The van der Waals surface area contributed by atoms with Crippen LogP contribution < -0.4 is 70.4 Å². The number of nitrogens with zero attached hydrogens (tertiary/aromatic N) is 2. The van der Waals surface area contributed by atoms with Crippen LogP contribution in [0.2, 0.25) is 5.02 Å². The van der Waals surface area contributed by atoms with Crippen molar-refractivity contribution in [3.8, 4) is 0 Å². The highest BCUT2D eigenvalue weighted by Crippen LogP contribution is 2.23. The highest BCUT2D eigenvalue weighted by Gasteiger charge is 2.41. The molecule has 0 aliphatic carbocycles. The number of morpholine rings is 1. The van der Waals surface area contributed by atoms with Gasteiger partial charge in [0.2, 0.25) is 59.1 Å². The summed E-state index contributed by atoms with van der Waals surface area (Å²) < 4.78 is 5.55. The van der Waals surface area contributed by atoms with Gasteiger partial charge in [0.15, 0.2) is 0 Å². The fourth-order valence-corrected chi connectivity index (χ4v) is 13.2. The summed E-state index contributed by atoms with van der Waals surface area (Å²) in [6.45, 7) is 11.9. The minimum Gasteiger partial charge on any atom is -0.399 e. The normalized spacial score (nSPS) is 16.2. The van der Waals surface area contributed by atoms with Crippen molar-refractivity contribution in [2.24, 2.45) is 17.4 Å². The molecule has 6 aromatic carbocycles. The van der Waals surface area contributed by atoms with Gasteiger partial charge in [-0.1, -0.05) is 161 Å². The smallest absolute Gasteiger partial charge is 0.312 e. The number of urea groups is 1. The number of ether oxygens (including phenoxy) is 1. The van der Waals surface area contributed by atoms with Gasteiger partial charge in [0.1, 0.15) is 60.4 Å². The predicted octanol–water partition coefficient (Wildman–Crippen LogP) is 2.65. The quantitative estimate of drug-likeness (QED) is 0.0195. The number of nitrogen functional groups attached to an aromatic ring is 1. The van der Waals surface area contributed by atoms with Crippen LogP contribution in [0.3, 0.4) is 0 Å². The van der Waals surface area contributed by atoms with Gasteiger partial charge >= 0.3 is 6.03 Å². The molecule has 12 amide bonds. The number of primary amides is 2. The maximum absolute atomic E-state index is 15.4. The molecule has 2 heterocycles. The Morgan fingerprint density at radius 1 is 0.495 bits per heavy atom. The molecule has 0 aromatic heterocycles. The number of aliphatic hydroxyl groups excluding tert-OH is 1. The second-order valence-electron chi connectivity index (χ2n) is 28.6. The third kappa shape index (κ3) is 26.7. The monoisotopic (exact) mass is 1520 g/mol. The zero-order chi connectivity index (χ0) is 78.7. The number of hydrogen-bond donors (Lipinski definition) is 14. The summed E-state index contributed by atoms with van der Waals surface area (Å²) in [6.07, 6.45) is 0.669. The number of carbonyl (C=O) groups is 11. The van der Waals surface area contributed by atoms with Crippen molar-refractivity contribution in [1.82, 2.24) is 63.0 Å².